The molecule has 0 bridgehead atoms. The van der Waals surface area contributed by atoms with Gasteiger partial charge < -0.3 is 0 Å². The standard InChI is InChI=1S/C21H15BrOS/c1-24(23)20-12-6-11-19(22)21(20)18-13-14-7-2-3-8-15(14)16-9-4-5-10-17(16)18/h2-13H,1H3. The molecule has 1 unspecified atom stereocenters. The Hall–Kier alpha value is -1.97. The molecule has 4 aromatic rings. The van der Waals surface area contributed by atoms with Crippen LogP contribution in [0.3, 0.4) is 0 Å². The van der Waals surface area contributed by atoms with E-state index in [1.807, 2.05) is 18.2 Å². The molecule has 118 valence electrons. The van der Waals surface area contributed by atoms with Gasteiger partial charge in [-0.1, -0.05) is 70.5 Å². The van der Waals surface area contributed by atoms with E-state index in [4.69, 9.17) is 0 Å². The summed E-state index contributed by atoms with van der Waals surface area (Å²) in [7, 11) is -1.06. The van der Waals surface area contributed by atoms with Gasteiger partial charge in [-0.2, -0.15) is 0 Å². The Balaban J connectivity index is 2.20. The summed E-state index contributed by atoms with van der Waals surface area (Å²) in [6.07, 6.45) is 1.73. The van der Waals surface area contributed by atoms with E-state index in [1.165, 1.54) is 21.5 Å². The fourth-order valence-electron chi connectivity index (χ4n) is 3.27. The van der Waals surface area contributed by atoms with Crippen LogP contribution >= 0.6 is 15.9 Å². The molecule has 24 heavy (non-hydrogen) atoms. The van der Waals surface area contributed by atoms with Gasteiger partial charge in [0.05, 0.1) is 10.8 Å². The average molecular weight is 395 g/mol. The summed E-state index contributed by atoms with van der Waals surface area (Å²) in [4.78, 5) is 0.852. The van der Waals surface area contributed by atoms with Gasteiger partial charge in [-0.3, -0.25) is 4.21 Å². The second-order valence-corrected chi connectivity index (χ2v) is 7.96. The Morgan fingerprint density at radius 2 is 1.46 bits per heavy atom. The molecule has 0 saturated heterocycles. The van der Waals surface area contributed by atoms with Crippen molar-refractivity contribution >= 4 is 48.3 Å². The van der Waals surface area contributed by atoms with Crippen LogP contribution in [0.25, 0.3) is 32.7 Å². The predicted octanol–water partition coefficient (Wildman–Crippen LogP) is 6.16. The fraction of sp³-hybridized carbons (Fsp3) is 0.0476. The lowest BCUT2D eigenvalue weighted by atomic mass is 9.93. The van der Waals surface area contributed by atoms with Crippen LogP contribution in [-0.2, 0) is 10.8 Å². The zero-order valence-electron chi connectivity index (χ0n) is 13.1. The Morgan fingerprint density at radius 3 is 2.21 bits per heavy atom. The minimum absolute atomic E-state index is 0.852. The summed E-state index contributed by atoms with van der Waals surface area (Å²) in [5.74, 6) is 0. The summed E-state index contributed by atoms with van der Waals surface area (Å²) in [6.45, 7) is 0. The van der Waals surface area contributed by atoms with Gasteiger partial charge in [-0.25, -0.2) is 0 Å². The van der Waals surface area contributed by atoms with Crippen LogP contribution < -0.4 is 0 Å². The van der Waals surface area contributed by atoms with E-state index in [9.17, 15) is 4.21 Å². The Kier molecular flexibility index (Phi) is 3.99. The van der Waals surface area contributed by atoms with Crippen molar-refractivity contribution in [3.63, 3.8) is 0 Å². The maximum absolute atomic E-state index is 12.3. The molecular weight excluding hydrogens is 380 g/mol. The molecule has 0 heterocycles. The minimum Gasteiger partial charge on any atom is -0.255 e. The highest BCUT2D eigenvalue weighted by Gasteiger charge is 2.16. The van der Waals surface area contributed by atoms with Gasteiger partial charge in [0.25, 0.3) is 0 Å². The van der Waals surface area contributed by atoms with Gasteiger partial charge >= 0.3 is 0 Å². The predicted molar refractivity (Wildman–Crippen MR) is 107 cm³/mol. The van der Waals surface area contributed by atoms with E-state index in [0.29, 0.717) is 0 Å². The van der Waals surface area contributed by atoms with Crippen LogP contribution in [0, 0.1) is 0 Å². The second-order valence-electron chi connectivity index (χ2n) is 5.76. The van der Waals surface area contributed by atoms with Crippen molar-refractivity contribution in [2.75, 3.05) is 6.26 Å². The van der Waals surface area contributed by atoms with Crippen molar-refractivity contribution in [1.82, 2.24) is 0 Å². The highest BCUT2D eigenvalue weighted by Crippen LogP contribution is 2.40. The molecule has 0 spiro atoms. The Labute approximate surface area is 151 Å². The second kappa shape index (κ2) is 6.15. The Morgan fingerprint density at radius 1 is 0.792 bits per heavy atom. The smallest absolute Gasteiger partial charge is 0.0504 e. The lowest BCUT2D eigenvalue weighted by Gasteiger charge is -2.15. The fourth-order valence-corrected chi connectivity index (χ4v) is 4.75. The maximum Gasteiger partial charge on any atom is 0.0504 e. The minimum atomic E-state index is -1.06. The number of hydrogen-bond donors (Lipinski definition) is 0. The molecule has 0 aromatic heterocycles. The van der Waals surface area contributed by atoms with Crippen molar-refractivity contribution in [2.45, 2.75) is 4.90 Å². The van der Waals surface area contributed by atoms with Crippen LogP contribution in [0.2, 0.25) is 0 Å². The molecule has 1 nitrogen and oxygen atoms in total. The van der Waals surface area contributed by atoms with Crippen molar-refractivity contribution in [2.24, 2.45) is 0 Å². The lowest BCUT2D eigenvalue weighted by Crippen LogP contribution is -1.94. The first-order valence-corrected chi connectivity index (χ1v) is 10.0. The van der Waals surface area contributed by atoms with Gasteiger partial charge in [-0.05, 0) is 45.3 Å². The van der Waals surface area contributed by atoms with Crippen molar-refractivity contribution in [3.05, 3.63) is 77.3 Å². The Bertz CT molecular complexity index is 1100. The third kappa shape index (κ3) is 2.48. The number of hydrogen-bond acceptors (Lipinski definition) is 1. The average Bonchev–Trinajstić information content (AvgIpc) is 2.61. The van der Waals surface area contributed by atoms with E-state index in [-0.39, 0.29) is 0 Å². The normalized spacial score (nSPS) is 12.6. The summed E-state index contributed by atoms with van der Waals surface area (Å²) >= 11 is 3.67. The van der Waals surface area contributed by atoms with Crippen LogP contribution in [0.1, 0.15) is 0 Å². The summed E-state index contributed by atoms with van der Waals surface area (Å²) in [5, 5.41) is 4.82. The molecule has 0 aliphatic heterocycles. The van der Waals surface area contributed by atoms with Crippen molar-refractivity contribution < 1.29 is 4.21 Å². The van der Waals surface area contributed by atoms with Gasteiger partial charge in [0.15, 0.2) is 0 Å². The molecule has 1 atom stereocenters. The summed E-state index contributed by atoms with van der Waals surface area (Å²) < 4.78 is 13.2. The van der Waals surface area contributed by atoms with E-state index < -0.39 is 10.8 Å². The van der Waals surface area contributed by atoms with Crippen molar-refractivity contribution in [1.29, 1.82) is 0 Å². The molecule has 0 fully saturated rings. The molecule has 0 radical (unpaired) electrons. The highest BCUT2D eigenvalue weighted by molar-refractivity contribution is 9.10. The molecule has 0 aliphatic rings. The SMILES string of the molecule is CS(=O)c1cccc(Br)c1-c1cc2ccccc2c2ccccc12. The van der Waals surface area contributed by atoms with Crippen molar-refractivity contribution in [3.8, 4) is 11.1 Å². The van der Waals surface area contributed by atoms with E-state index in [2.05, 4.69) is 70.5 Å². The summed E-state index contributed by atoms with van der Waals surface area (Å²) in [6, 6.07) is 24.9. The third-order valence-corrected chi connectivity index (χ3v) is 5.94. The largest absolute Gasteiger partial charge is 0.255 e. The number of fused-ring (bicyclic) bond motifs is 3. The molecule has 0 amide bonds. The van der Waals surface area contributed by atoms with Crippen LogP contribution in [0.4, 0.5) is 0 Å². The number of benzene rings is 4. The number of halogens is 1. The monoisotopic (exact) mass is 394 g/mol. The quantitative estimate of drug-likeness (QED) is 0.372. The zero-order valence-corrected chi connectivity index (χ0v) is 15.5. The number of rotatable bonds is 2. The molecule has 0 N–H and O–H groups in total. The van der Waals surface area contributed by atoms with Gasteiger partial charge in [-0.15, -0.1) is 0 Å². The topological polar surface area (TPSA) is 17.1 Å². The first-order valence-electron chi connectivity index (χ1n) is 7.69. The molecule has 4 rings (SSSR count). The summed E-state index contributed by atoms with van der Waals surface area (Å²) in [5.41, 5.74) is 2.13. The van der Waals surface area contributed by atoms with Crippen LogP contribution in [0.15, 0.2) is 82.2 Å². The van der Waals surface area contributed by atoms with E-state index >= 15 is 0 Å². The highest BCUT2D eigenvalue weighted by atomic mass is 79.9. The van der Waals surface area contributed by atoms with Crippen LogP contribution in [-0.4, -0.2) is 10.5 Å². The third-order valence-electron chi connectivity index (χ3n) is 4.32. The molecule has 0 aliphatic carbocycles. The van der Waals surface area contributed by atoms with Gasteiger partial charge in [0, 0.05) is 21.2 Å². The van der Waals surface area contributed by atoms with Gasteiger partial charge in [0.2, 0.25) is 0 Å². The molecular formula is C21H15BrOS. The lowest BCUT2D eigenvalue weighted by molar-refractivity contribution is 0.687. The van der Waals surface area contributed by atoms with Gasteiger partial charge in [0.1, 0.15) is 0 Å². The van der Waals surface area contributed by atoms with E-state index in [0.717, 1.165) is 20.5 Å². The van der Waals surface area contributed by atoms with Crippen LogP contribution in [0.5, 0.6) is 0 Å². The molecule has 0 saturated carbocycles. The van der Waals surface area contributed by atoms with E-state index in [1.54, 1.807) is 6.26 Å². The zero-order chi connectivity index (χ0) is 16.7. The maximum atomic E-state index is 12.3. The first kappa shape index (κ1) is 15.6. The molecule has 4 aromatic carbocycles. The molecule has 3 heteroatoms. The first-order chi connectivity index (χ1) is 11.7.